The maximum Gasteiger partial charge on any atom is 0.270 e. The van der Waals surface area contributed by atoms with Crippen LogP contribution in [0.4, 0.5) is 10.1 Å². The molecule has 0 saturated carbocycles. The Bertz CT molecular complexity index is 1230. The Morgan fingerprint density at radius 3 is 2.16 bits per heavy atom. The number of carbonyl (C=O) groups excluding carboxylic acids is 2. The number of sulfonamides is 1. The molecule has 3 rings (SSSR count). The van der Waals surface area contributed by atoms with Crippen molar-refractivity contribution in [2.24, 2.45) is 0 Å². The monoisotopic (exact) mass is 457 g/mol. The minimum absolute atomic E-state index is 0.177. The van der Waals surface area contributed by atoms with Crippen molar-refractivity contribution in [2.45, 2.75) is 6.04 Å². The largest absolute Gasteiger partial charge is 0.336 e. The first kappa shape index (κ1) is 22.9. The number of amides is 2. The molecule has 3 aromatic rings. The summed E-state index contributed by atoms with van der Waals surface area (Å²) in [5.74, 6) is -1.85. The molecule has 0 saturated heterocycles. The van der Waals surface area contributed by atoms with Crippen LogP contribution in [0.1, 0.15) is 22.0 Å². The number of carbonyl (C=O) groups is 2. The van der Waals surface area contributed by atoms with E-state index in [2.05, 4.69) is 10.0 Å². The van der Waals surface area contributed by atoms with Crippen LogP contribution in [0, 0.1) is 5.82 Å². The van der Waals surface area contributed by atoms with Crippen LogP contribution in [0.2, 0.25) is 0 Å². The second-order valence-corrected chi connectivity index (χ2v) is 8.71. The van der Waals surface area contributed by atoms with Gasteiger partial charge in [0, 0.05) is 11.3 Å². The number of halogens is 1. The van der Waals surface area contributed by atoms with E-state index in [0.717, 1.165) is 6.26 Å². The molecule has 10 heteroatoms. The van der Waals surface area contributed by atoms with Gasteiger partial charge in [-0.3, -0.25) is 19.5 Å². The van der Waals surface area contributed by atoms with Crippen LogP contribution in [0.15, 0.2) is 72.8 Å². The van der Waals surface area contributed by atoms with Gasteiger partial charge >= 0.3 is 0 Å². The second kappa shape index (κ2) is 9.58. The molecule has 1 atom stereocenters. The molecule has 32 heavy (non-hydrogen) atoms. The predicted octanol–water partition coefficient (Wildman–Crippen LogP) is 2.84. The molecular weight excluding hydrogens is 437 g/mol. The second-order valence-electron chi connectivity index (χ2n) is 6.97. The average molecular weight is 457 g/mol. The van der Waals surface area contributed by atoms with Gasteiger partial charge in [-0.05, 0) is 53.1 Å². The molecule has 1 unspecified atom stereocenters. The molecule has 0 aliphatic rings. The predicted molar refractivity (Wildman–Crippen MR) is 117 cm³/mol. The number of rotatable bonds is 7. The van der Waals surface area contributed by atoms with Crippen molar-refractivity contribution in [3.63, 3.8) is 0 Å². The van der Waals surface area contributed by atoms with Crippen molar-refractivity contribution < 1.29 is 27.6 Å². The van der Waals surface area contributed by atoms with Gasteiger partial charge in [0.1, 0.15) is 11.9 Å². The summed E-state index contributed by atoms with van der Waals surface area (Å²) in [5, 5.41) is 11.6. The van der Waals surface area contributed by atoms with E-state index in [1.54, 1.807) is 36.4 Å². The summed E-state index contributed by atoms with van der Waals surface area (Å²) in [6, 6.07) is 16.9. The van der Waals surface area contributed by atoms with E-state index < -0.39 is 27.9 Å². The molecule has 3 aromatic carbocycles. The third-order valence-electron chi connectivity index (χ3n) is 4.50. The quantitative estimate of drug-likeness (QED) is 0.321. The minimum Gasteiger partial charge on any atom is -0.336 e. The van der Waals surface area contributed by atoms with Crippen molar-refractivity contribution in [3.05, 3.63) is 89.7 Å². The van der Waals surface area contributed by atoms with E-state index >= 15 is 0 Å². The fraction of sp³-hybridized carbons (Fsp3) is 0.0909. The summed E-state index contributed by atoms with van der Waals surface area (Å²) >= 11 is 0. The Kier molecular flexibility index (Phi) is 6.86. The van der Waals surface area contributed by atoms with Gasteiger partial charge in [-0.25, -0.2) is 18.3 Å². The Balaban J connectivity index is 1.79. The van der Waals surface area contributed by atoms with Gasteiger partial charge in [0.2, 0.25) is 10.0 Å². The molecule has 0 bridgehead atoms. The standard InChI is InChI=1S/C22H20FN3O5S/c1-32(30,31)26-19-11-9-16(10-12-19)21(27)24-20(22(28)25-29)15-7-5-14(6-8-15)17-3-2-4-18(23)13-17/h2-13,20,26,29H,1H3,(H,24,27)(H,25,28). The summed E-state index contributed by atoms with van der Waals surface area (Å²) in [7, 11) is -3.46. The molecule has 0 fully saturated rings. The van der Waals surface area contributed by atoms with Crippen LogP contribution in [0.3, 0.4) is 0 Å². The van der Waals surface area contributed by atoms with Crippen LogP contribution in [0.5, 0.6) is 0 Å². The van der Waals surface area contributed by atoms with Gasteiger partial charge in [-0.15, -0.1) is 0 Å². The number of hydroxylamine groups is 1. The molecule has 4 N–H and O–H groups in total. The zero-order chi connectivity index (χ0) is 23.3. The van der Waals surface area contributed by atoms with Crippen LogP contribution >= 0.6 is 0 Å². The third kappa shape index (κ3) is 5.90. The highest BCUT2D eigenvalue weighted by Crippen LogP contribution is 2.23. The minimum atomic E-state index is -3.46. The summed E-state index contributed by atoms with van der Waals surface area (Å²) in [6.45, 7) is 0. The number of hydrogen-bond donors (Lipinski definition) is 4. The Morgan fingerprint density at radius 1 is 0.938 bits per heavy atom. The van der Waals surface area contributed by atoms with E-state index in [4.69, 9.17) is 5.21 Å². The lowest BCUT2D eigenvalue weighted by atomic mass is 10.00. The number of nitrogens with one attached hydrogen (secondary N) is 3. The highest BCUT2D eigenvalue weighted by molar-refractivity contribution is 7.92. The summed E-state index contributed by atoms with van der Waals surface area (Å²) in [5.41, 5.74) is 3.72. The van der Waals surface area contributed by atoms with Gasteiger partial charge in [0.25, 0.3) is 11.8 Å². The van der Waals surface area contributed by atoms with Gasteiger partial charge < -0.3 is 5.32 Å². The highest BCUT2D eigenvalue weighted by atomic mass is 32.2. The van der Waals surface area contributed by atoms with Crippen LogP contribution < -0.4 is 15.5 Å². The van der Waals surface area contributed by atoms with E-state index in [0.29, 0.717) is 16.7 Å². The molecular formula is C22H20FN3O5S. The zero-order valence-corrected chi connectivity index (χ0v) is 17.7. The summed E-state index contributed by atoms with van der Waals surface area (Å²) in [4.78, 5) is 24.8. The summed E-state index contributed by atoms with van der Waals surface area (Å²) in [6.07, 6.45) is 1.01. The van der Waals surface area contributed by atoms with E-state index in [9.17, 15) is 22.4 Å². The van der Waals surface area contributed by atoms with Gasteiger partial charge in [-0.1, -0.05) is 36.4 Å². The van der Waals surface area contributed by atoms with Crippen molar-refractivity contribution in [3.8, 4) is 11.1 Å². The average Bonchev–Trinajstić information content (AvgIpc) is 2.76. The van der Waals surface area contributed by atoms with Gasteiger partial charge in [0.15, 0.2) is 0 Å². The van der Waals surface area contributed by atoms with Crippen LogP contribution in [0.25, 0.3) is 11.1 Å². The van der Waals surface area contributed by atoms with Gasteiger partial charge in [0.05, 0.1) is 6.26 Å². The molecule has 0 aliphatic carbocycles. The van der Waals surface area contributed by atoms with E-state index in [-0.39, 0.29) is 17.1 Å². The maximum absolute atomic E-state index is 13.5. The van der Waals surface area contributed by atoms with E-state index in [1.807, 2.05) is 0 Å². The molecule has 2 amide bonds. The smallest absolute Gasteiger partial charge is 0.270 e. The first-order valence-electron chi connectivity index (χ1n) is 9.35. The molecule has 0 aromatic heterocycles. The molecule has 8 nitrogen and oxygen atoms in total. The number of anilines is 1. The number of benzene rings is 3. The third-order valence-corrected chi connectivity index (χ3v) is 5.11. The first-order valence-corrected chi connectivity index (χ1v) is 11.2. The van der Waals surface area contributed by atoms with Crippen LogP contribution in [-0.4, -0.2) is 31.7 Å². The van der Waals surface area contributed by atoms with Crippen molar-refractivity contribution in [1.82, 2.24) is 10.8 Å². The zero-order valence-electron chi connectivity index (χ0n) is 16.9. The van der Waals surface area contributed by atoms with E-state index in [1.165, 1.54) is 41.9 Å². The SMILES string of the molecule is CS(=O)(=O)Nc1ccc(C(=O)NC(C(=O)NO)c2ccc(-c3cccc(F)c3)cc2)cc1. The summed E-state index contributed by atoms with van der Waals surface area (Å²) < 4.78 is 38.3. The highest BCUT2D eigenvalue weighted by Gasteiger charge is 2.23. The van der Waals surface area contributed by atoms with Crippen molar-refractivity contribution in [1.29, 1.82) is 0 Å². The van der Waals surface area contributed by atoms with Crippen molar-refractivity contribution in [2.75, 3.05) is 11.0 Å². The lowest BCUT2D eigenvalue weighted by molar-refractivity contribution is -0.131. The molecule has 0 aliphatic heterocycles. The fourth-order valence-corrected chi connectivity index (χ4v) is 3.58. The molecule has 0 spiro atoms. The first-order chi connectivity index (χ1) is 15.2. The maximum atomic E-state index is 13.5. The molecule has 0 radical (unpaired) electrons. The van der Waals surface area contributed by atoms with Gasteiger partial charge in [-0.2, -0.15) is 0 Å². The normalized spacial score (nSPS) is 12.0. The Morgan fingerprint density at radius 2 is 1.59 bits per heavy atom. The fourth-order valence-electron chi connectivity index (χ4n) is 3.02. The Labute approximate surface area is 184 Å². The number of hydrogen-bond acceptors (Lipinski definition) is 5. The lowest BCUT2D eigenvalue weighted by Gasteiger charge is -2.18. The van der Waals surface area contributed by atoms with Crippen LogP contribution in [-0.2, 0) is 14.8 Å². The Hall–Kier alpha value is -3.76. The molecule has 166 valence electrons. The van der Waals surface area contributed by atoms with Crippen molar-refractivity contribution >= 4 is 27.5 Å². The topological polar surface area (TPSA) is 125 Å². The lowest BCUT2D eigenvalue weighted by Crippen LogP contribution is -2.39. The molecule has 0 heterocycles.